The quantitative estimate of drug-likeness (QED) is 0.141. The number of amides is 5. The first kappa shape index (κ1) is 37.6. The van der Waals surface area contributed by atoms with Gasteiger partial charge in [0.2, 0.25) is 17.6 Å². The molecule has 5 atom stereocenters. The van der Waals surface area contributed by atoms with Crippen molar-refractivity contribution in [1.29, 1.82) is 0 Å². The second-order valence-electron chi connectivity index (χ2n) is 14.4. The summed E-state index contributed by atoms with van der Waals surface area (Å²) in [5.74, 6) is -4.18. The first-order valence-corrected chi connectivity index (χ1v) is 16.0. The normalized spacial score (nSPS) is 21.2. The van der Waals surface area contributed by atoms with E-state index in [9.17, 15) is 28.8 Å². The maximum atomic E-state index is 14.1. The Morgan fingerprint density at radius 1 is 0.909 bits per heavy atom. The van der Waals surface area contributed by atoms with Crippen molar-refractivity contribution >= 4 is 58.7 Å². The van der Waals surface area contributed by atoms with Crippen LogP contribution in [0.1, 0.15) is 87.5 Å². The number of alkyl halides is 2. The number of ketones is 1. The number of nitrogens with two attached hydrogens (primary N) is 1. The zero-order chi connectivity index (χ0) is 33.7. The molecule has 2 aliphatic rings. The molecule has 250 valence electrons. The average molecular weight is 663 g/mol. The minimum atomic E-state index is -1.15. The van der Waals surface area contributed by atoms with Crippen LogP contribution >= 0.6 is 23.2 Å². The Kier molecular flexibility index (Phi) is 12.9. The molecule has 0 aromatic rings. The van der Waals surface area contributed by atoms with Gasteiger partial charge in [-0.3, -0.25) is 19.2 Å². The van der Waals surface area contributed by atoms with Gasteiger partial charge in [0.05, 0.1) is 12.1 Å². The molecule has 1 aliphatic carbocycles. The number of hydrogen-bond acceptors (Lipinski definition) is 7. The summed E-state index contributed by atoms with van der Waals surface area (Å²) in [7, 11) is 0. The van der Waals surface area contributed by atoms with Crippen LogP contribution in [-0.2, 0) is 28.7 Å². The van der Waals surface area contributed by atoms with Crippen LogP contribution in [0.2, 0.25) is 0 Å². The Labute approximate surface area is 270 Å². The highest BCUT2D eigenvalue weighted by Gasteiger charge is 2.47. The minimum absolute atomic E-state index is 0.0207. The predicted octanol–water partition coefficient (Wildman–Crippen LogP) is 2.82. The third kappa shape index (κ3) is 10.2. The number of urea groups is 1. The molecule has 0 radical (unpaired) electrons. The molecule has 0 aromatic heterocycles. The first-order chi connectivity index (χ1) is 20.1. The lowest BCUT2D eigenvalue weighted by Crippen LogP contribution is -2.62. The Bertz CT molecular complexity index is 1100. The zero-order valence-corrected chi connectivity index (χ0v) is 28.5. The Morgan fingerprint density at radius 2 is 1.45 bits per heavy atom. The molecule has 0 aromatic carbocycles. The molecule has 5 N–H and O–H groups in total. The Balaban J connectivity index is 2.32. The van der Waals surface area contributed by atoms with E-state index < -0.39 is 87.4 Å². The lowest BCUT2D eigenvalue weighted by atomic mass is 9.80. The summed E-state index contributed by atoms with van der Waals surface area (Å²) in [5.41, 5.74) is 3.72. The number of carbonyl (C=O) groups excluding carboxylic acids is 6. The van der Waals surface area contributed by atoms with Crippen LogP contribution in [0.3, 0.4) is 0 Å². The number of rotatable bonds is 12. The summed E-state index contributed by atoms with van der Waals surface area (Å²) < 4.78 is 5.33. The smallest absolute Gasteiger partial charge is 0.329 e. The molecular weight excluding hydrogens is 613 g/mol. The highest BCUT2D eigenvalue weighted by molar-refractivity contribution is 6.44. The van der Waals surface area contributed by atoms with Gasteiger partial charge in [0.15, 0.2) is 0 Å². The molecule has 14 heteroatoms. The number of halogens is 2. The molecule has 12 nitrogen and oxygen atoms in total. The standard InChI is InChI=1S/C30H49Cl2N5O7/c1-15(2)44-27(42)22(30(6,7)8)36-28(43)35-21(29(3,4)5)26(41)37-14-17(23(31)32)13-19(37)25(40)34-18(20(38)24(33)39)12-16-10-9-11-16/h15-19,21-23H,9-14H2,1-8H3,(H2,33,39)(H,34,40)(H2,35,36,43)/t17-,18?,19+,21-,22-/m1/s1. The molecule has 1 heterocycles. The van der Waals surface area contributed by atoms with Crippen LogP contribution in [0.4, 0.5) is 4.79 Å². The Hall–Kier alpha value is -2.60. The van der Waals surface area contributed by atoms with Crippen LogP contribution in [0.5, 0.6) is 0 Å². The highest BCUT2D eigenvalue weighted by atomic mass is 35.5. The molecule has 1 saturated heterocycles. The predicted molar refractivity (Wildman–Crippen MR) is 167 cm³/mol. The van der Waals surface area contributed by atoms with Crippen molar-refractivity contribution in [2.24, 2.45) is 28.4 Å². The van der Waals surface area contributed by atoms with Gasteiger partial charge in [0.1, 0.15) is 23.0 Å². The van der Waals surface area contributed by atoms with Gasteiger partial charge in [0, 0.05) is 12.5 Å². The first-order valence-electron chi connectivity index (χ1n) is 15.1. The molecule has 0 bridgehead atoms. The number of hydrogen-bond donors (Lipinski definition) is 4. The van der Waals surface area contributed by atoms with Gasteiger partial charge in [0.25, 0.3) is 5.91 Å². The highest BCUT2D eigenvalue weighted by Crippen LogP contribution is 2.34. The van der Waals surface area contributed by atoms with E-state index in [0.717, 1.165) is 19.3 Å². The average Bonchev–Trinajstić information content (AvgIpc) is 3.30. The molecule has 1 saturated carbocycles. The van der Waals surface area contributed by atoms with Crippen molar-refractivity contribution in [2.75, 3.05) is 6.54 Å². The molecular formula is C30H49Cl2N5O7. The number of likely N-dealkylation sites (tertiary alicyclic amines) is 1. The molecule has 0 spiro atoms. The van der Waals surface area contributed by atoms with Crippen LogP contribution < -0.4 is 21.7 Å². The molecule has 1 unspecified atom stereocenters. The van der Waals surface area contributed by atoms with Gasteiger partial charge in [-0.1, -0.05) is 60.8 Å². The monoisotopic (exact) mass is 661 g/mol. The third-order valence-corrected chi connectivity index (χ3v) is 8.78. The summed E-state index contributed by atoms with van der Waals surface area (Å²) in [5, 5.41) is 8.00. The largest absolute Gasteiger partial charge is 0.461 e. The topological polar surface area (TPSA) is 177 Å². The fraction of sp³-hybridized carbons (Fsp3) is 0.800. The van der Waals surface area contributed by atoms with Gasteiger partial charge in [-0.15, -0.1) is 23.2 Å². The van der Waals surface area contributed by atoms with Crippen molar-refractivity contribution in [2.45, 2.75) is 123 Å². The van der Waals surface area contributed by atoms with Gasteiger partial charge >= 0.3 is 12.0 Å². The van der Waals surface area contributed by atoms with E-state index in [0.29, 0.717) is 0 Å². The van der Waals surface area contributed by atoms with Crippen molar-refractivity contribution in [3.8, 4) is 0 Å². The van der Waals surface area contributed by atoms with Crippen LogP contribution in [0.25, 0.3) is 0 Å². The summed E-state index contributed by atoms with van der Waals surface area (Å²) in [6.45, 7) is 14.0. The van der Waals surface area contributed by atoms with Crippen molar-refractivity contribution in [3.63, 3.8) is 0 Å². The van der Waals surface area contributed by atoms with Crippen molar-refractivity contribution in [3.05, 3.63) is 0 Å². The van der Waals surface area contributed by atoms with E-state index in [1.54, 1.807) is 55.4 Å². The van der Waals surface area contributed by atoms with E-state index in [-0.39, 0.29) is 25.3 Å². The fourth-order valence-electron chi connectivity index (χ4n) is 5.32. The van der Waals surface area contributed by atoms with Gasteiger partial charge in [-0.05, 0) is 43.4 Å². The van der Waals surface area contributed by atoms with Crippen LogP contribution in [-0.4, -0.2) is 82.1 Å². The molecule has 2 fully saturated rings. The van der Waals surface area contributed by atoms with E-state index in [1.165, 1.54) is 4.90 Å². The van der Waals surface area contributed by atoms with Crippen LogP contribution in [0.15, 0.2) is 0 Å². The number of primary amides is 1. The Morgan fingerprint density at radius 3 is 1.89 bits per heavy atom. The van der Waals surface area contributed by atoms with Crippen LogP contribution in [0, 0.1) is 22.7 Å². The molecule has 5 amide bonds. The molecule has 2 rings (SSSR count). The van der Waals surface area contributed by atoms with E-state index >= 15 is 0 Å². The third-order valence-electron chi connectivity index (χ3n) is 8.06. The second kappa shape index (κ2) is 15.1. The number of carbonyl (C=O) groups is 6. The lowest BCUT2D eigenvalue weighted by molar-refractivity contribution is -0.152. The maximum absolute atomic E-state index is 14.1. The lowest BCUT2D eigenvalue weighted by Gasteiger charge is -2.37. The minimum Gasteiger partial charge on any atom is -0.461 e. The number of Topliss-reactive ketones (excluding diaryl/α,β-unsaturated/α-hetero) is 1. The maximum Gasteiger partial charge on any atom is 0.329 e. The second-order valence-corrected chi connectivity index (χ2v) is 15.5. The summed E-state index contributed by atoms with van der Waals surface area (Å²) in [6.07, 6.45) is 2.73. The zero-order valence-electron chi connectivity index (χ0n) is 27.0. The summed E-state index contributed by atoms with van der Waals surface area (Å²) in [6, 6.07) is -5.11. The van der Waals surface area contributed by atoms with E-state index in [2.05, 4.69) is 16.0 Å². The number of ether oxygens (including phenoxy) is 1. The SMILES string of the molecule is CC(C)OC(=O)[C@@H](NC(=O)N[C@H](C(=O)N1C[C@H](C(Cl)Cl)C[C@H]1C(=O)NC(CC1CCC1)C(=O)C(N)=O)C(C)(C)C)C(C)(C)C. The van der Waals surface area contributed by atoms with Gasteiger partial charge < -0.3 is 31.3 Å². The molecule has 44 heavy (non-hydrogen) atoms. The summed E-state index contributed by atoms with van der Waals surface area (Å²) >= 11 is 12.4. The van der Waals surface area contributed by atoms with Crippen molar-refractivity contribution < 1.29 is 33.5 Å². The number of nitrogens with one attached hydrogen (secondary N) is 3. The number of esters is 1. The number of nitrogens with zero attached hydrogens (tertiary/aromatic N) is 1. The summed E-state index contributed by atoms with van der Waals surface area (Å²) in [4.78, 5) is 78.5. The van der Waals surface area contributed by atoms with E-state index in [4.69, 9.17) is 33.7 Å². The van der Waals surface area contributed by atoms with E-state index in [1.807, 2.05) is 0 Å². The van der Waals surface area contributed by atoms with Crippen molar-refractivity contribution in [1.82, 2.24) is 20.9 Å². The fourth-order valence-corrected chi connectivity index (χ4v) is 5.69. The molecule has 1 aliphatic heterocycles. The van der Waals surface area contributed by atoms with Gasteiger partial charge in [-0.25, -0.2) is 9.59 Å². The van der Waals surface area contributed by atoms with Gasteiger partial charge in [-0.2, -0.15) is 0 Å².